The summed E-state index contributed by atoms with van der Waals surface area (Å²) in [6, 6.07) is 11.5. The SMILES string of the molecule is CN1C2CCCC1CN(c1ccc3cc(Cl)ccc3n1)C2. The van der Waals surface area contributed by atoms with E-state index in [0.717, 1.165) is 34.8 Å². The molecule has 2 unspecified atom stereocenters. The maximum Gasteiger partial charge on any atom is 0.129 e. The van der Waals surface area contributed by atoms with Gasteiger partial charge in [-0.1, -0.05) is 18.0 Å². The maximum atomic E-state index is 6.04. The topological polar surface area (TPSA) is 19.4 Å². The Balaban J connectivity index is 1.66. The van der Waals surface area contributed by atoms with Crippen molar-refractivity contribution in [3.05, 3.63) is 35.4 Å². The van der Waals surface area contributed by atoms with E-state index in [1.54, 1.807) is 0 Å². The van der Waals surface area contributed by atoms with Crippen LogP contribution < -0.4 is 4.90 Å². The molecule has 3 nitrogen and oxygen atoms in total. The molecule has 0 saturated carbocycles. The number of aromatic nitrogens is 1. The van der Waals surface area contributed by atoms with E-state index in [4.69, 9.17) is 16.6 Å². The van der Waals surface area contributed by atoms with Crippen molar-refractivity contribution in [3.8, 4) is 0 Å². The molecule has 1 aromatic heterocycles. The van der Waals surface area contributed by atoms with E-state index < -0.39 is 0 Å². The standard InChI is InChI=1S/C17H20ClN3/c1-20-14-3-2-4-15(20)11-21(10-14)17-8-5-12-9-13(18)6-7-16(12)19-17/h5-9,14-15H,2-4,10-11H2,1H3. The van der Waals surface area contributed by atoms with Gasteiger partial charge < -0.3 is 4.90 Å². The Morgan fingerprint density at radius 3 is 2.62 bits per heavy atom. The molecule has 0 N–H and O–H groups in total. The van der Waals surface area contributed by atoms with Gasteiger partial charge in [0, 0.05) is 35.6 Å². The minimum absolute atomic E-state index is 0.681. The largest absolute Gasteiger partial charge is 0.353 e. The lowest BCUT2D eigenvalue weighted by Gasteiger charge is -2.48. The predicted octanol–water partition coefficient (Wildman–Crippen LogP) is 3.56. The molecule has 21 heavy (non-hydrogen) atoms. The van der Waals surface area contributed by atoms with Crippen LogP contribution in [0.3, 0.4) is 0 Å². The van der Waals surface area contributed by atoms with Gasteiger partial charge in [-0.3, -0.25) is 4.90 Å². The normalized spacial score (nSPS) is 26.3. The Kier molecular flexibility index (Phi) is 3.27. The zero-order valence-electron chi connectivity index (χ0n) is 12.3. The number of halogens is 1. The molecule has 4 heteroatoms. The number of fused-ring (bicyclic) bond motifs is 3. The van der Waals surface area contributed by atoms with Crippen molar-refractivity contribution >= 4 is 28.3 Å². The van der Waals surface area contributed by atoms with Gasteiger partial charge >= 0.3 is 0 Å². The van der Waals surface area contributed by atoms with Crippen molar-refractivity contribution in [1.82, 2.24) is 9.88 Å². The lowest BCUT2D eigenvalue weighted by atomic mass is 9.92. The molecule has 110 valence electrons. The minimum atomic E-state index is 0.681. The third-order valence-electron chi connectivity index (χ3n) is 5.05. The van der Waals surface area contributed by atoms with Crippen LogP contribution in [0.1, 0.15) is 19.3 Å². The molecule has 2 atom stereocenters. The van der Waals surface area contributed by atoms with Crippen LogP contribution in [0.2, 0.25) is 5.02 Å². The fourth-order valence-electron chi connectivity index (χ4n) is 3.77. The van der Waals surface area contributed by atoms with Crippen molar-refractivity contribution in [2.24, 2.45) is 0 Å². The van der Waals surface area contributed by atoms with E-state index in [9.17, 15) is 0 Å². The average molecular weight is 302 g/mol. The highest BCUT2D eigenvalue weighted by Crippen LogP contribution is 2.30. The van der Waals surface area contributed by atoms with Crippen LogP contribution in [0.5, 0.6) is 0 Å². The van der Waals surface area contributed by atoms with Gasteiger partial charge in [0.1, 0.15) is 5.82 Å². The molecule has 1 aromatic carbocycles. The number of hydrogen-bond acceptors (Lipinski definition) is 3. The molecular weight excluding hydrogens is 282 g/mol. The zero-order chi connectivity index (χ0) is 14.4. The van der Waals surface area contributed by atoms with Crippen molar-refractivity contribution in [2.45, 2.75) is 31.3 Å². The quantitative estimate of drug-likeness (QED) is 0.803. The van der Waals surface area contributed by atoms with Gasteiger partial charge in [-0.25, -0.2) is 4.98 Å². The molecule has 0 amide bonds. The lowest BCUT2D eigenvalue weighted by Crippen LogP contribution is -2.59. The molecule has 0 radical (unpaired) electrons. The number of nitrogens with zero attached hydrogens (tertiary/aromatic N) is 3. The first-order valence-electron chi connectivity index (χ1n) is 7.74. The number of hydrogen-bond donors (Lipinski definition) is 0. The van der Waals surface area contributed by atoms with E-state index >= 15 is 0 Å². The first-order chi connectivity index (χ1) is 10.2. The number of rotatable bonds is 1. The molecule has 2 saturated heterocycles. The van der Waals surface area contributed by atoms with Gasteiger partial charge in [-0.2, -0.15) is 0 Å². The summed E-state index contributed by atoms with van der Waals surface area (Å²) in [6.45, 7) is 2.19. The van der Waals surface area contributed by atoms with Crippen molar-refractivity contribution < 1.29 is 0 Å². The first-order valence-corrected chi connectivity index (χ1v) is 8.12. The number of benzene rings is 1. The summed E-state index contributed by atoms with van der Waals surface area (Å²) < 4.78 is 0. The van der Waals surface area contributed by atoms with Crippen molar-refractivity contribution in [2.75, 3.05) is 25.0 Å². The molecule has 2 aliphatic rings. The van der Waals surface area contributed by atoms with Gasteiger partial charge in [-0.05, 0) is 50.2 Å². The monoisotopic (exact) mass is 301 g/mol. The predicted molar refractivity (Wildman–Crippen MR) is 88.2 cm³/mol. The van der Waals surface area contributed by atoms with Crippen LogP contribution in [0.25, 0.3) is 10.9 Å². The Bertz CT molecular complexity index is 658. The molecule has 2 aromatic rings. The van der Waals surface area contributed by atoms with E-state index in [0.29, 0.717) is 12.1 Å². The second kappa shape index (κ2) is 5.15. The van der Waals surface area contributed by atoms with Crippen LogP contribution in [-0.2, 0) is 0 Å². The second-order valence-electron chi connectivity index (χ2n) is 6.32. The number of pyridine rings is 1. The highest BCUT2D eigenvalue weighted by Gasteiger charge is 2.35. The highest BCUT2D eigenvalue weighted by molar-refractivity contribution is 6.31. The summed E-state index contributed by atoms with van der Waals surface area (Å²) in [4.78, 5) is 9.87. The third-order valence-corrected chi connectivity index (χ3v) is 5.28. The Morgan fingerprint density at radius 1 is 1.10 bits per heavy atom. The van der Waals surface area contributed by atoms with Gasteiger partial charge in [0.05, 0.1) is 5.52 Å². The van der Waals surface area contributed by atoms with E-state index in [1.165, 1.54) is 19.3 Å². The van der Waals surface area contributed by atoms with Gasteiger partial charge in [0.25, 0.3) is 0 Å². The van der Waals surface area contributed by atoms with Crippen LogP contribution in [0, 0.1) is 0 Å². The zero-order valence-corrected chi connectivity index (χ0v) is 13.1. The Hall–Kier alpha value is -1.32. The van der Waals surface area contributed by atoms with Crippen LogP contribution in [-0.4, -0.2) is 42.1 Å². The number of anilines is 1. The summed E-state index contributed by atoms with van der Waals surface area (Å²) in [5, 5.41) is 1.88. The molecular formula is C17H20ClN3. The summed E-state index contributed by atoms with van der Waals surface area (Å²) in [7, 11) is 2.28. The van der Waals surface area contributed by atoms with E-state index in [2.05, 4.69) is 29.0 Å². The summed E-state index contributed by atoms with van der Waals surface area (Å²) in [5.74, 6) is 1.11. The second-order valence-corrected chi connectivity index (χ2v) is 6.75. The fourth-order valence-corrected chi connectivity index (χ4v) is 3.95. The molecule has 4 rings (SSSR count). The van der Waals surface area contributed by atoms with Gasteiger partial charge in [-0.15, -0.1) is 0 Å². The fraction of sp³-hybridized carbons (Fsp3) is 0.471. The number of piperidine rings is 1. The summed E-state index contributed by atoms with van der Waals surface area (Å²) in [6.07, 6.45) is 4.00. The van der Waals surface area contributed by atoms with Crippen LogP contribution in [0.15, 0.2) is 30.3 Å². The van der Waals surface area contributed by atoms with E-state index in [-0.39, 0.29) is 0 Å². The van der Waals surface area contributed by atoms with Crippen LogP contribution in [0.4, 0.5) is 5.82 Å². The van der Waals surface area contributed by atoms with E-state index in [1.807, 2.05) is 18.2 Å². The lowest BCUT2D eigenvalue weighted by molar-refractivity contribution is 0.0947. The molecule has 0 spiro atoms. The highest BCUT2D eigenvalue weighted by atomic mass is 35.5. The smallest absolute Gasteiger partial charge is 0.129 e. The van der Waals surface area contributed by atoms with Crippen molar-refractivity contribution in [3.63, 3.8) is 0 Å². The molecule has 3 heterocycles. The third kappa shape index (κ3) is 2.39. The summed E-state index contributed by atoms with van der Waals surface area (Å²) in [5.41, 5.74) is 1.03. The van der Waals surface area contributed by atoms with Crippen molar-refractivity contribution in [1.29, 1.82) is 0 Å². The van der Waals surface area contributed by atoms with Gasteiger partial charge in [0.15, 0.2) is 0 Å². The molecule has 2 bridgehead atoms. The first kappa shape index (κ1) is 13.4. The number of likely N-dealkylation sites (N-methyl/N-ethyl adjacent to an activating group) is 1. The van der Waals surface area contributed by atoms with Gasteiger partial charge in [0.2, 0.25) is 0 Å². The molecule has 0 aliphatic carbocycles. The minimum Gasteiger partial charge on any atom is -0.353 e. The molecule has 2 fully saturated rings. The van der Waals surface area contributed by atoms with Crippen LogP contribution >= 0.6 is 11.6 Å². The number of piperazine rings is 1. The maximum absolute atomic E-state index is 6.04. The Labute approximate surface area is 130 Å². The Morgan fingerprint density at radius 2 is 1.86 bits per heavy atom. The summed E-state index contributed by atoms with van der Waals surface area (Å²) >= 11 is 6.04. The average Bonchev–Trinajstić information content (AvgIpc) is 2.46. The molecule has 2 aliphatic heterocycles.